The summed E-state index contributed by atoms with van der Waals surface area (Å²) in [5.74, 6) is 0.738. The summed E-state index contributed by atoms with van der Waals surface area (Å²) in [6.07, 6.45) is 4.17. The molecule has 0 unspecified atom stereocenters. The fourth-order valence-electron chi connectivity index (χ4n) is 2.06. The van der Waals surface area contributed by atoms with E-state index in [-0.39, 0.29) is 5.69 Å². The van der Waals surface area contributed by atoms with Crippen molar-refractivity contribution in [1.29, 1.82) is 0 Å². The molecule has 1 aliphatic carbocycles. The monoisotopic (exact) mass is 334 g/mol. The van der Waals surface area contributed by atoms with Crippen LogP contribution in [-0.4, -0.2) is 36.2 Å². The molecular formula is C13H14N6OS2. The number of rotatable bonds is 6. The SMILES string of the molecule is O=c1n(CCSc2nnc(NC3CC3)s2)nc2ccccn12. The first-order valence-electron chi connectivity index (χ1n) is 7.07. The maximum Gasteiger partial charge on any atom is 0.350 e. The molecule has 1 saturated carbocycles. The van der Waals surface area contributed by atoms with Crippen molar-refractivity contribution in [2.45, 2.75) is 29.8 Å². The molecule has 0 amide bonds. The predicted molar refractivity (Wildman–Crippen MR) is 86.7 cm³/mol. The van der Waals surface area contributed by atoms with E-state index in [0.717, 1.165) is 15.2 Å². The van der Waals surface area contributed by atoms with E-state index in [1.165, 1.54) is 17.5 Å². The lowest BCUT2D eigenvalue weighted by Gasteiger charge is -1.97. The molecule has 0 atom stereocenters. The van der Waals surface area contributed by atoms with Gasteiger partial charge in [0.2, 0.25) is 5.13 Å². The molecule has 1 N–H and O–H groups in total. The molecule has 0 radical (unpaired) electrons. The third-order valence-corrected chi connectivity index (χ3v) is 5.30. The van der Waals surface area contributed by atoms with E-state index >= 15 is 0 Å². The van der Waals surface area contributed by atoms with Gasteiger partial charge in [0.05, 0.1) is 6.54 Å². The van der Waals surface area contributed by atoms with E-state index in [9.17, 15) is 4.79 Å². The van der Waals surface area contributed by atoms with Crippen LogP contribution in [0.3, 0.4) is 0 Å². The number of pyridine rings is 1. The van der Waals surface area contributed by atoms with Gasteiger partial charge in [0.15, 0.2) is 9.99 Å². The average Bonchev–Trinajstić information content (AvgIpc) is 3.14. The first-order chi connectivity index (χ1) is 10.8. The van der Waals surface area contributed by atoms with Crippen molar-refractivity contribution in [3.05, 3.63) is 34.9 Å². The molecule has 3 heterocycles. The van der Waals surface area contributed by atoms with Gasteiger partial charge >= 0.3 is 5.69 Å². The van der Waals surface area contributed by atoms with Gasteiger partial charge in [-0.2, -0.15) is 0 Å². The number of nitrogens with zero attached hydrogens (tertiary/aromatic N) is 5. The maximum atomic E-state index is 12.1. The number of anilines is 1. The highest BCUT2D eigenvalue weighted by Crippen LogP contribution is 2.30. The van der Waals surface area contributed by atoms with Crippen molar-refractivity contribution in [3.8, 4) is 0 Å². The van der Waals surface area contributed by atoms with Gasteiger partial charge in [-0.15, -0.1) is 15.3 Å². The Morgan fingerprint density at radius 1 is 1.36 bits per heavy atom. The van der Waals surface area contributed by atoms with Crippen LogP contribution >= 0.6 is 23.1 Å². The largest absolute Gasteiger partial charge is 0.357 e. The van der Waals surface area contributed by atoms with Crippen LogP contribution in [0.1, 0.15) is 12.8 Å². The Kier molecular flexibility index (Phi) is 3.59. The zero-order valence-electron chi connectivity index (χ0n) is 11.7. The smallest absolute Gasteiger partial charge is 0.350 e. The van der Waals surface area contributed by atoms with Gasteiger partial charge in [-0.25, -0.2) is 9.48 Å². The molecule has 3 aromatic heterocycles. The molecule has 0 saturated heterocycles. The average molecular weight is 334 g/mol. The molecule has 4 rings (SSSR count). The summed E-state index contributed by atoms with van der Waals surface area (Å²) in [6, 6.07) is 6.11. The van der Waals surface area contributed by atoms with E-state index in [2.05, 4.69) is 20.6 Å². The minimum Gasteiger partial charge on any atom is -0.357 e. The number of nitrogens with one attached hydrogen (secondary N) is 1. The summed E-state index contributed by atoms with van der Waals surface area (Å²) < 4.78 is 3.96. The fraction of sp³-hybridized carbons (Fsp3) is 0.385. The molecule has 22 heavy (non-hydrogen) atoms. The normalized spacial score (nSPS) is 14.5. The van der Waals surface area contributed by atoms with Crippen LogP contribution in [0, 0.1) is 0 Å². The van der Waals surface area contributed by atoms with E-state index in [0.29, 0.717) is 18.2 Å². The Balaban J connectivity index is 1.38. The molecule has 9 heteroatoms. The second-order valence-electron chi connectivity index (χ2n) is 5.07. The van der Waals surface area contributed by atoms with Gasteiger partial charge in [-0.05, 0) is 25.0 Å². The highest BCUT2D eigenvalue weighted by atomic mass is 32.2. The van der Waals surface area contributed by atoms with Gasteiger partial charge < -0.3 is 5.32 Å². The number of hydrogen-bond donors (Lipinski definition) is 1. The first-order valence-corrected chi connectivity index (χ1v) is 8.87. The van der Waals surface area contributed by atoms with Gasteiger partial charge in [0.1, 0.15) is 0 Å². The highest BCUT2D eigenvalue weighted by Gasteiger charge is 2.22. The van der Waals surface area contributed by atoms with Crippen molar-refractivity contribution < 1.29 is 0 Å². The number of hydrogen-bond acceptors (Lipinski definition) is 7. The minimum atomic E-state index is -0.107. The van der Waals surface area contributed by atoms with Crippen molar-refractivity contribution in [2.24, 2.45) is 0 Å². The van der Waals surface area contributed by atoms with Crippen molar-refractivity contribution >= 4 is 33.9 Å². The topological polar surface area (TPSA) is 77.1 Å². The van der Waals surface area contributed by atoms with Crippen LogP contribution in [0.2, 0.25) is 0 Å². The van der Waals surface area contributed by atoms with Crippen LogP contribution < -0.4 is 11.0 Å². The summed E-state index contributed by atoms with van der Waals surface area (Å²) in [7, 11) is 0. The quantitative estimate of drug-likeness (QED) is 0.692. The van der Waals surface area contributed by atoms with Crippen molar-refractivity contribution in [1.82, 2.24) is 24.4 Å². The Morgan fingerprint density at radius 3 is 3.09 bits per heavy atom. The van der Waals surface area contributed by atoms with Gasteiger partial charge in [-0.1, -0.05) is 29.2 Å². The highest BCUT2D eigenvalue weighted by molar-refractivity contribution is 8.01. The molecule has 1 fully saturated rings. The first kappa shape index (κ1) is 13.8. The van der Waals surface area contributed by atoms with Crippen molar-refractivity contribution in [2.75, 3.05) is 11.1 Å². The lowest BCUT2D eigenvalue weighted by molar-refractivity contribution is 0.639. The lowest BCUT2D eigenvalue weighted by atomic mass is 10.5. The number of thioether (sulfide) groups is 1. The van der Waals surface area contributed by atoms with Crippen LogP contribution in [-0.2, 0) is 6.54 Å². The number of aromatic nitrogens is 5. The molecule has 0 aromatic carbocycles. The third kappa shape index (κ3) is 2.86. The molecule has 7 nitrogen and oxygen atoms in total. The zero-order valence-corrected chi connectivity index (χ0v) is 13.3. The molecule has 1 aliphatic rings. The van der Waals surface area contributed by atoms with Crippen LogP contribution in [0.15, 0.2) is 33.5 Å². The summed E-state index contributed by atoms with van der Waals surface area (Å²) in [6.45, 7) is 0.552. The second-order valence-corrected chi connectivity index (χ2v) is 7.39. The number of fused-ring (bicyclic) bond motifs is 1. The molecule has 0 spiro atoms. The lowest BCUT2D eigenvalue weighted by Crippen LogP contribution is -2.21. The maximum absolute atomic E-state index is 12.1. The Labute approximate surface area is 134 Å². The molecule has 3 aromatic rings. The van der Waals surface area contributed by atoms with Crippen LogP contribution in [0.5, 0.6) is 0 Å². The number of aryl methyl sites for hydroxylation is 1. The summed E-state index contributed by atoms with van der Waals surface area (Å²) in [5.41, 5.74) is 0.564. The summed E-state index contributed by atoms with van der Waals surface area (Å²) in [4.78, 5) is 12.1. The van der Waals surface area contributed by atoms with Gasteiger partial charge in [0, 0.05) is 18.0 Å². The minimum absolute atomic E-state index is 0.107. The molecule has 114 valence electrons. The Morgan fingerprint density at radius 2 is 2.27 bits per heavy atom. The molecule has 0 bridgehead atoms. The van der Waals surface area contributed by atoms with E-state index in [1.54, 1.807) is 33.7 Å². The Bertz CT molecular complexity index is 849. The molecule has 0 aliphatic heterocycles. The van der Waals surface area contributed by atoms with E-state index < -0.39 is 0 Å². The predicted octanol–water partition coefficient (Wildman–Crippen LogP) is 1.71. The van der Waals surface area contributed by atoms with Gasteiger partial charge in [0.25, 0.3) is 0 Å². The third-order valence-electron chi connectivity index (χ3n) is 3.33. The zero-order chi connectivity index (χ0) is 14.9. The summed E-state index contributed by atoms with van der Waals surface area (Å²) >= 11 is 3.16. The van der Waals surface area contributed by atoms with Gasteiger partial charge in [-0.3, -0.25) is 4.40 Å². The van der Waals surface area contributed by atoms with E-state index in [4.69, 9.17) is 0 Å². The fourth-order valence-corrected chi connectivity index (χ4v) is 3.88. The van der Waals surface area contributed by atoms with Crippen LogP contribution in [0.25, 0.3) is 5.65 Å². The summed E-state index contributed by atoms with van der Waals surface area (Å²) in [5, 5.41) is 16.8. The van der Waals surface area contributed by atoms with Crippen molar-refractivity contribution in [3.63, 3.8) is 0 Å². The van der Waals surface area contributed by atoms with Crippen LogP contribution in [0.4, 0.5) is 5.13 Å². The standard InChI is InChI=1S/C13H14N6OS2/c20-13-18-6-2-1-3-10(18)17-19(13)7-8-21-12-16-15-11(22-12)14-9-4-5-9/h1-3,6,9H,4-5,7-8H2,(H,14,15). The molecular weight excluding hydrogens is 320 g/mol. The van der Waals surface area contributed by atoms with E-state index in [1.807, 2.05) is 18.2 Å². The second kappa shape index (κ2) is 5.73. The Hall–Kier alpha value is -1.87.